The van der Waals surface area contributed by atoms with Crippen LogP contribution in [0.5, 0.6) is 5.75 Å². The Morgan fingerprint density at radius 1 is 1.10 bits per heavy atom. The molecule has 1 N–H and O–H groups in total. The molecule has 3 heteroatoms. The molecule has 3 nitrogen and oxygen atoms in total. The number of hydrogen-bond acceptors (Lipinski definition) is 3. The summed E-state index contributed by atoms with van der Waals surface area (Å²) in [6.45, 7) is 7.96. The summed E-state index contributed by atoms with van der Waals surface area (Å²) >= 11 is 0. The maximum Gasteiger partial charge on any atom is 0.119 e. The van der Waals surface area contributed by atoms with Crippen molar-refractivity contribution < 1.29 is 9.15 Å². The number of furan rings is 1. The van der Waals surface area contributed by atoms with Gasteiger partial charge in [-0.25, -0.2) is 0 Å². The van der Waals surface area contributed by atoms with Crippen molar-refractivity contribution in [1.82, 2.24) is 5.32 Å². The van der Waals surface area contributed by atoms with E-state index in [0.29, 0.717) is 5.92 Å². The molecule has 1 atom stereocenters. The molecule has 1 heterocycles. The van der Waals surface area contributed by atoms with Crippen LogP contribution in [-0.4, -0.2) is 12.6 Å². The Morgan fingerprint density at radius 2 is 1.85 bits per heavy atom. The molecule has 0 fully saturated rings. The quantitative estimate of drug-likeness (QED) is 0.829. The molecule has 2 aromatic rings. The lowest BCUT2D eigenvalue weighted by molar-refractivity contribution is 0.215. The van der Waals surface area contributed by atoms with Gasteiger partial charge in [-0.05, 0) is 42.7 Å². The van der Waals surface area contributed by atoms with Gasteiger partial charge in [0.05, 0.1) is 12.8 Å². The normalized spacial score (nSPS) is 12.6. The predicted molar refractivity (Wildman–Crippen MR) is 81.0 cm³/mol. The van der Waals surface area contributed by atoms with E-state index in [9.17, 15) is 0 Å². The third-order valence-electron chi connectivity index (χ3n) is 3.20. The molecule has 0 spiro atoms. The Morgan fingerprint density at radius 3 is 2.45 bits per heavy atom. The molecule has 0 aliphatic heterocycles. The topological polar surface area (TPSA) is 34.4 Å². The Kier molecular flexibility index (Phi) is 5.24. The number of benzene rings is 1. The molecule has 0 amide bonds. The molecule has 1 unspecified atom stereocenters. The summed E-state index contributed by atoms with van der Waals surface area (Å²) in [5.74, 6) is 2.41. The molecule has 1 aromatic heterocycles. The van der Waals surface area contributed by atoms with Gasteiger partial charge in [0, 0.05) is 6.54 Å². The van der Waals surface area contributed by atoms with E-state index in [0.717, 1.165) is 24.6 Å². The standard InChI is InChI=1S/C17H23NO2/c1-13(2)15-6-8-16(9-7-15)20-14(3)11-18-12-17-5-4-10-19-17/h4-10,13-14,18H,11-12H2,1-3H3. The van der Waals surface area contributed by atoms with E-state index in [1.807, 2.05) is 24.3 Å². The molecule has 0 aliphatic rings. The maximum atomic E-state index is 5.88. The van der Waals surface area contributed by atoms with Crippen LogP contribution in [0.4, 0.5) is 0 Å². The lowest BCUT2D eigenvalue weighted by Crippen LogP contribution is -2.28. The summed E-state index contributed by atoms with van der Waals surface area (Å²) in [6, 6.07) is 12.2. The van der Waals surface area contributed by atoms with Crippen molar-refractivity contribution in [3.8, 4) is 5.75 Å². The molecular formula is C17H23NO2. The lowest BCUT2D eigenvalue weighted by Gasteiger charge is -2.16. The highest BCUT2D eigenvalue weighted by molar-refractivity contribution is 5.29. The average molecular weight is 273 g/mol. The maximum absolute atomic E-state index is 5.88. The van der Waals surface area contributed by atoms with Crippen LogP contribution >= 0.6 is 0 Å². The second-order valence-corrected chi connectivity index (χ2v) is 5.36. The van der Waals surface area contributed by atoms with Crippen molar-refractivity contribution in [3.05, 3.63) is 54.0 Å². The van der Waals surface area contributed by atoms with Crippen LogP contribution < -0.4 is 10.1 Å². The number of rotatable bonds is 7. The van der Waals surface area contributed by atoms with Gasteiger partial charge in [0.15, 0.2) is 0 Å². The van der Waals surface area contributed by atoms with E-state index >= 15 is 0 Å². The Hall–Kier alpha value is -1.74. The van der Waals surface area contributed by atoms with E-state index in [2.05, 4.69) is 38.2 Å². The summed E-state index contributed by atoms with van der Waals surface area (Å²) in [5.41, 5.74) is 1.33. The minimum atomic E-state index is 0.120. The third kappa shape index (κ3) is 4.42. The fraction of sp³-hybridized carbons (Fsp3) is 0.412. The summed E-state index contributed by atoms with van der Waals surface area (Å²) in [4.78, 5) is 0. The summed E-state index contributed by atoms with van der Waals surface area (Å²) in [5, 5.41) is 3.32. The van der Waals surface area contributed by atoms with Crippen molar-refractivity contribution in [1.29, 1.82) is 0 Å². The number of ether oxygens (including phenoxy) is 1. The summed E-state index contributed by atoms with van der Waals surface area (Å²) in [7, 11) is 0. The van der Waals surface area contributed by atoms with Crippen LogP contribution in [0, 0.1) is 0 Å². The average Bonchev–Trinajstić information content (AvgIpc) is 2.92. The highest BCUT2D eigenvalue weighted by atomic mass is 16.5. The van der Waals surface area contributed by atoms with Crippen molar-refractivity contribution in [2.75, 3.05) is 6.54 Å². The zero-order chi connectivity index (χ0) is 14.4. The van der Waals surface area contributed by atoms with Gasteiger partial charge in [0.25, 0.3) is 0 Å². The van der Waals surface area contributed by atoms with Gasteiger partial charge in [-0.3, -0.25) is 0 Å². The molecule has 0 saturated heterocycles. The van der Waals surface area contributed by atoms with Gasteiger partial charge in [-0.2, -0.15) is 0 Å². The summed E-state index contributed by atoms with van der Waals surface area (Å²) in [6.07, 6.45) is 1.81. The summed E-state index contributed by atoms with van der Waals surface area (Å²) < 4.78 is 11.1. The van der Waals surface area contributed by atoms with E-state index in [1.165, 1.54) is 5.56 Å². The van der Waals surface area contributed by atoms with E-state index in [1.54, 1.807) is 6.26 Å². The Labute approximate surface area is 121 Å². The van der Waals surface area contributed by atoms with Crippen LogP contribution in [0.15, 0.2) is 47.1 Å². The van der Waals surface area contributed by atoms with Gasteiger partial charge >= 0.3 is 0 Å². The first-order chi connectivity index (χ1) is 9.65. The predicted octanol–water partition coefficient (Wildman–Crippen LogP) is 3.96. The van der Waals surface area contributed by atoms with Crippen molar-refractivity contribution in [2.24, 2.45) is 0 Å². The third-order valence-corrected chi connectivity index (χ3v) is 3.20. The molecule has 1 aromatic carbocycles. The van der Waals surface area contributed by atoms with Gasteiger partial charge in [0.2, 0.25) is 0 Å². The van der Waals surface area contributed by atoms with E-state index in [4.69, 9.17) is 9.15 Å². The van der Waals surface area contributed by atoms with Gasteiger partial charge in [-0.15, -0.1) is 0 Å². The molecule has 108 valence electrons. The van der Waals surface area contributed by atoms with Crippen molar-refractivity contribution in [3.63, 3.8) is 0 Å². The van der Waals surface area contributed by atoms with Crippen LogP contribution in [-0.2, 0) is 6.54 Å². The second-order valence-electron chi connectivity index (χ2n) is 5.36. The molecular weight excluding hydrogens is 250 g/mol. The number of nitrogens with one attached hydrogen (secondary N) is 1. The SMILES string of the molecule is CC(CNCc1ccco1)Oc1ccc(C(C)C)cc1. The minimum Gasteiger partial charge on any atom is -0.489 e. The second kappa shape index (κ2) is 7.15. The van der Waals surface area contributed by atoms with Gasteiger partial charge < -0.3 is 14.5 Å². The molecule has 0 bridgehead atoms. The fourth-order valence-electron chi connectivity index (χ4n) is 2.02. The van der Waals surface area contributed by atoms with Crippen LogP contribution in [0.1, 0.15) is 38.0 Å². The largest absolute Gasteiger partial charge is 0.489 e. The van der Waals surface area contributed by atoms with Crippen LogP contribution in [0.3, 0.4) is 0 Å². The first-order valence-corrected chi connectivity index (χ1v) is 7.15. The Bertz CT molecular complexity index is 488. The first-order valence-electron chi connectivity index (χ1n) is 7.15. The van der Waals surface area contributed by atoms with E-state index < -0.39 is 0 Å². The minimum absolute atomic E-state index is 0.120. The highest BCUT2D eigenvalue weighted by Crippen LogP contribution is 2.19. The molecule has 0 saturated carbocycles. The van der Waals surface area contributed by atoms with Gasteiger partial charge in [-0.1, -0.05) is 26.0 Å². The highest BCUT2D eigenvalue weighted by Gasteiger charge is 2.05. The molecule has 20 heavy (non-hydrogen) atoms. The number of hydrogen-bond donors (Lipinski definition) is 1. The fourth-order valence-corrected chi connectivity index (χ4v) is 2.02. The molecule has 2 rings (SSSR count). The van der Waals surface area contributed by atoms with Gasteiger partial charge in [0.1, 0.15) is 17.6 Å². The molecule has 0 aliphatic carbocycles. The Balaban J connectivity index is 1.74. The van der Waals surface area contributed by atoms with Crippen molar-refractivity contribution in [2.45, 2.75) is 39.3 Å². The zero-order valence-corrected chi connectivity index (χ0v) is 12.4. The van der Waals surface area contributed by atoms with E-state index in [-0.39, 0.29) is 6.10 Å². The van der Waals surface area contributed by atoms with Crippen LogP contribution in [0.2, 0.25) is 0 Å². The lowest BCUT2D eigenvalue weighted by atomic mass is 10.0. The smallest absolute Gasteiger partial charge is 0.119 e. The van der Waals surface area contributed by atoms with Crippen molar-refractivity contribution >= 4 is 0 Å². The first kappa shape index (κ1) is 14.7. The zero-order valence-electron chi connectivity index (χ0n) is 12.4. The van der Waals surface area contributed by atoms with Crippen LogP contribution in [0.25, 0.3) is 0 Å². The monoisotopic (exact) mass is 273 g/mol. The molecule has 0 radical (unpaired) electrons.